The zero-order chi connectivity index (χ0) is 13.8. The number of rotatable bonds is 4. The molecule has 0 unspecified atom stereocenters. The number of halogens is 3. The first-order chi connectivity index (χ1) is 9.10. The minimum atomic E-state index is -0.818. The van der Waals surface area contributed by atoms with Crippen molar-refractivity contribution < 1.29 is 8.78 Å². The van der Waals surface area contributed by atoms with Gasteiger partial charge in [0.1, 0.15) is 0 Å². The summed E-state index contributed by atoms with van der Waals surface area (Å²) in [5.74, 6) is -1.63. The molecule has 0 atom stereocenters. The molecule has 1 nitrogen and oxygen atoms in total. The predicted octanol–water partition coefficient (Wildman–Crippen LogP) is 4.90. The fourth-order valence-corrected chi connectivity index (χ4v) is 2.28. The van der Waals surface area contributed by atoms with Crippen molar-refractivity contribution in [2.75, 3.05) is 5.32 Å². The van der Waals surface area contributed by atoms with Crippen molar-refractivity contribution in [1.82, 2.24) is 0 Å². The van der Waals surface area contributed by atoms with Crippen LogP contribution in [-0.4, -0.2) is 0 Å². The Bertz CT molecular complexity index is 584. The van der Waals surface area contributed by atoms with Crippen LogP contribution in [0.1, 0.15) is 18.1 Å². The van der Waals surface area contributed by atoms with Crippen molar-refractivity contribution in [2.45, 2.75) is 19.9 Å². The van der Waals surface area contributed by atoms with Crippen LogP contribution in [0.5, 0.6) is 0 Å². The van der Waals surface area contributed by atoms with Crippen molar-refractivity contribution in [1.29, 1.82) is 0 Å². The number of anilines is 1. The van der Waals surface area contributed by atoms with E-state index >= 15 is 0 Å². The van der Waals surface area contributed by atoms with E-state index in [1.54, 1.807) is 6.07 Å². The van der Waals surface area contributed by atoms with Gasteiger partial charge in [-0.2, -0.15) is 0 Å². The molecule has 4 heteroatoms. The minimum absolute atomic E-state index is 0.464. The highest BCUT2D eigenvalue weighted by molar-refractivity contribution is 9.10. The van der Waals surface area contributed by atoms with Gasteiger partial charge >= 0.3 is 0 Å². The molecule has 0 aromatic heterocycles. The summed E-state index contributed by atoms with van der Waals surface area (Å²) in [5.41, 5.74) is 2.90. The summed E-state index contributed by atoms with van der Waals surface area (Å²) in [5, 5.41) is 3.24. The minimum Gasteiger partial charge on any atom is -0.381 e. The molecule has 0 aliphatic rings. The van der Waals surface area contributed by atoms with Gasteiger partial charge in [-0.3, -0.25) is 0 Å². The molecule has 100 valence electrons. The van der Waals surface area contributed by atoms with E-state index in [0.29, 0.717) is 12.1 Å². The molecule has 2 aromatic carbocycles. The lowest BCUT2D eigenvalue weighted by Gasteiger charge is -2.11. The van der Waals surface area contributed by atoms with Crippen LogP contribution in [0.25, 0.3) is 0 Å². The van der Waals surface area contributed by atoms with Gasteiger partial charge in [0.2, 0.25) is 0 Å². The van der Waals surface area contributed by atoms with E-state index in [4.69, 9.17) is 0 Å². The lowest BCUT2D eigenvalue weighted by molar-refractivity contribution is 0.507. The molecule has 0 saturated carbocycles. The van der Waals surface area contributed by atoms with E-state index in [0.717, 1.165) is 22.6 Å². The summed E-state index contributed by atoms with van der Waals surface area (Å²) in [6, 6.07) is 9.92. The van der Waals surface area contributed by atoms with Gasteiger partial charge in [-0.15, -0.1) is 0 Å². The molecule has 0 saturated heterocycles. The zero-order valence-electron chi connectivity index (χ0n) is 10.5. The Kier molecular flexibility index (Phi) is 4.53. The van der Waals surface area contributed by atoms with Crippen LogP contribution < -0.4 is 5.32 Å². The molecule has 0 heterocycles. The highest BCUT2D eigenvalue weighted by Crippen LogP contribution is 2.22. The Morgan fingerprint density at radius 2 is 1.84 bits per heavy atom. The molecular formula is C15H14BrF2N. The van der Waals surface area contributed by atoms with Crippen LogP contribution >= 0.6 is 15.9 Å². The number of hydrogen-bond acceptors (Lipinski definition) is 1. The van der Waals surface area contributed by atoms with E-state index in [2.05, 4.69) is 28.2 Å². The normalized spacial score (nSPS) is 10.5. The number of benzene rings is 2. The lowest BCUT2D eigenvalue weighted by Crippen LogP contribution is -2.03. The van der Waals surface area contributed by atoms with Crippen molar-refractivity contribution in [2.24, 2.45) is 0 Å². The van der Waals surface area contributed by atoms with Gasteiger partial charge < -0.3 is 5.32 Å². The van der Waals surface area contributed by atoms with Gasteiger partial charge in [-0.05, 0) is 47.9 Å². The smallest absolute Gasteiger partial charge is 0.159 e. The van der Waals surface area contributed by atoms with Crippen molar-refractivity contribution in [3.8, 4) is 0 Å². The molecule has 0 aliphatic heterocycles. The second-order valence-corrected chi connectivity index (χ2v) is 5.17. The molecule has 0 aliphatic carbocycles. The predicted molar refractivity (Wildman–Crippen MR) is 77.2 cm³/mol. The largest absolute Gasteiger partial charge is 0.381 e. The summed E-state index contributed by atoms with van der Waals surface area (Å²) in [7, 11) is 0. The first kappa shape index (κ1) is 14.0. The Labute approximate surface area is 119 Å². The molecule has 19 heavy (non-hydrogen) atoms. The van der Waals surface area contributed by atoms with Gasteiger partial charge in [0.25, 0.3) is 0 Å². The number of nitrogens with one attached hydrogen (secondary N) is 1. The monoisotopic (exact) mass is 325 g/mol. The Balaban J connectivity index is 2.12. The van der Waals surface area contributed by atoms with Gasteiger partial charge in [0.05, 0.1) is 0 Å². The van der Waals surface area contributed by atoms with Crippen LogP contribution in [0.15, 0.2) is 40.9 Å². The van der Waals surface area contributed by atoms with Gasteiger partial charge in [0, 0.05) is 16.7 Å². The molecule has 0 fully saturated rings. The van der Waals surface area contributed by atoms with E-state index in [1.807, 2.05) is 18.2 Å². The molecule has 1 N–H and O–H groups in total. The second-order valence-electron chi connectivity index (χ2n) is 4.26. The SMILES string of the molecule is CCc1cc(Br)ccc1NCc1ccc(F)c(F)c1. The summed E-state index contributed by atoms with van der Waals surface area (Å²) >= 11 is 3.43. The maximum Gasteiger partial charge on any atom is 0.159 e. The average Bonchev–Trinajstić information content (AvgIpc) is 2.41. The molecule has 2 aromatic rings. The lowest BCUT2D eigenvalue weighted by atomic mass is 10.1. The van der Waals surface area contributed by atoms with Crippen LogP contribution in [0, 0.1) is 11.6 Å². The molecule has 0 amide bonds. The molecule has 0 bridgehead atoms. The molecule has 2 rings (SSSR count). The van der Waals surface area contributed by atoms with Gasteiger partial charge in [-0.25, -0.2) is 8.78 Å². The van der Waals surface area contributed by atoms with Gasteiger partial charge in [0.15, 0.2) is 11.6 Å². The van der Waals surface area contributed by atoms with Crippen LogP contribution in [0.4, 0.5) is 14.5 Å². The average molecular weight is 326 g/mol. The third-order valence-corrected chi connectivity index (χ3v) is 3.41. The topological polar surface area (TPSA) is 12.0 Å². The van der Waals surface area contributed by atoms with Crippen molar-refractivity contribution >= 4 is 21.6 Å². The summed E-state index contributed by atoms with van der Waals surface area (Å²) < 4.78 is 26.9. The first-order valence-electron chi connectivity index (χ1n) is 6.06. The van der Waals surface area contributed by atoms with Gasteiger partial charge in [-0.1, -0.05) is 28.9 Å². The zero-order valence-corrected chi connectivity index (χ0v) is 12.1. The molecule has 0 radical (unpaired) electrons. The Morgan fingerprint density at radius 1 is 1.05 bits per heavy atom. The maximum atomic E-state index is 13.1. The van der Waals surface area contributed by atoms with E-state index in [1.165, 1.54) is 11.6 Å². The van der Waals surface area contributed by atoms with E-state index in [-0.39, 0.29) is 0 Å². The fraction of sp³-hybridized carbons (Fsp3) is 0.200. The highest BCUT2D eigenvalue weighted by Gasteiger charge is 2.04. The first-order valence-corrected chi connectivity index (χ1v) is 6.85. The Morgan fingerprint density at radius 3 is 2.53 bits per heavy atom. The number of hydrogen-bond donors (Lipinski definition) is 1. The highest BCUT2D eigenvalue weighted by atomic mass is 79.9. The van der Waals surface area contributed by atoms with Crippen LogP contribution in [0.2, 0.25) is 0 Å². The van der Waals surface area contributed by atoms with E-state index in [9.17, 15) is 8.78 Å². The fourth-order valence-electron chi connectivity index (χ4n) is 1.87. The maximum absolute atomic E-state index is 13.1. The third kappa shape index (κ3) is 3.53. The van der Waals surface area contributed by atoms with Crippen LogP contribution in [0.3, 0.4) is 0 Å². The summed E-state index contributed by atoms with van der Waals surface area (Å²) in [6.07, 6.45) is 0.902. The summed E-state index contributed by atoms with van der Waals surface area (Å²) in [4.78, 5) is 0. The molecular weight excluding hydrogens is 312 g/mol. The molecule has 0 spiro atoms. The quantitative estimate of drug-likeness (QED) is 0.842. The van der Waals surface area contributed by atoms with E-state index < -0.39 is 11.6 Å². The van der Waals surface area contributed by atoms with Crippen molar-refractivity contribution in [3.63, 3.8) is 0 Å². The van der Waals surface area contributed by atoms with Crippen LogP contribution in [-0.2, 0) is 13.0 Å². The summed E-state index contributed by atoms with van der Waals surface area (Å²) in [6.45, 7) is 2.54. The standard InChI is InChI=1S/C15H14BrF2N/c1-2-11-8-12(16)4-6-15(11)19-9-10-3-5-13(17)14(18)7-10/h3-8,19H,2,9H2,1H3. The third-order valence-electron chi connectivity index (χ3n) is 2.92. The Hall–Kier alpha value is -1.42. The van der Waals surface area contributed by atoms with Crippen molar-refractivity contribution in [3.05, 3.63) is 63.6 Å². The number of aryl methyl sites for hydroxylation is 1. The second kappa shape index (κ2) is 6.15.